The van der Waals surface area contributed by atoms with Crippen LogP contribution in [-0.4, -0.2) is 17.5 Å². The first-order valence-corrected chi connectivity index (χ1v) is 9.98. The van der Waals surface area contributed by atoms with E-state index in [1.807, 2.05) is 42.6 Å². The lowest BCUT2D eigenvalue weighted by Crippen LogP contribution is -2.12. The fourth-order valence-electron chi connectivity index (χ4n) is 2.48. The number of amides is 1. The van der Waals surface area contributed by atoms with E-state index in [-0.39, 0.29) is 18.3 Å². The van der Waals surface area contributed by atoms with Gasteiger partial charge in [0.15, 0.2) is 11.6 Å². The van der Waals surface area contributed by atoms with Crippen molar-refractivity contribution in [3.63, 3.8) is 0 Å². The van der Waals surface area contributed by atoms with Gasteiger partial charge in [-0.05, 0) is 54.4 Å². The minimum Gasteiger partial charge on any atom is -0.491 e. The quantitative estimate of drug-likeness (QED) is 0.393. The van der Waals surface area contributed by atoms with Crippen molar-refractivity contribution in [1.82, 2.24) is 4.98 Å². The van der Waals surface area contributed by atoms with Gasteiger partial charge in [0.25, 0.3) is 0 Å². The number of rotatable bonds is 9. The summed E-state index contributed by atoms with van der Waals surface area (Å²) in [6.45, 7) is 0.290. The second-order valence-corrected chi connectivity index (χ2v) is 7.15. The van der Waals surface area contributed by atoms with Crippen molar-refractivity contribution in [2.75, 3.05) is 11.9 Å². The van der Waals surface area contributed by atoms with E-state index in [2.05, 4.69) is 10.3 Å². The highest BCUT2D eigenvalue weighted by Crippen LogP contribution is 2.24. The van der Waals surface area contributed by atoms with Gasteiger partial charge in [-0.1, -0.05) is 18.2 Å². The SMILES string of the molecule is O=C(CCCOc1ccccc1F)Nc1ccc(SCc2cccnc2)cc1. The van der Waals surface area contributed by atoms with Crippen LogP contribution in [0.15, 0.2) is 78.0 Å². The van der Waals surface area contributed by atoms with E-state index in [0.717, 1.165) is 16.3 Å². The molecule has 0 saturated heterocycles. The van der Waals surface area contributed by atoms with Crippen LogP contribution in [0, 0.1) is 5.82 Å². The predicted molar refractivity (Wildman–Crippen MR) is 110 cm³/mol. The van der Waals surface area contributed by atoms with E-state index in [0.29, 0.717) is 12.8 Å². The average molecular weight is 396 g/mol. The number of thioether (sulfide) groups is 1. The number of benzene rings is 2. The van der Waals surface area contributed by atoms with E-state index in [1.165, 1.54) is 11.6 Å². The summed E-state index contributed by atoms with van der Waals surface area (Å²) < 4.78 is 18.8. The van der Waals surface area contributed by atoms with Crippen LogP contribution in [0.4, 0.5) is 10.1 Å². The standard InChI is InChI=1S/C22H21FN2O2S/c23-20-6-1-2-7-21(20)27-14-4-8-22(26)25-18-9-11-19(12-10-18)28-16-17-5-3-13-24-15-17/h1-3,5-7,9-13,15H,4,8,14,16H2,(H,25,26). The third-order valence-corrected chi connectivity index (χ3v) is 4.99. The molecule has 0 bridgehead atoms. The zero-order valence-electron chi connectivity index (χ0n) is 15.3. The molecule has 4 nitrogen and oxygen atoms in total. The van der Waals surface area contributed by atoms with Gasteiger partial charge in [-0.2, -0.15) is 0 Å². The Morgan fingerprint density at radius 1 is 1.07 bits per heavy atom. The molecule has 28 heavy (non-hydrogen) atoms. The zero-order chi connectivity index (χ0) is 19.6. The third-order valence-electron chi connectivity index (χ3n) is 3.91. The molecule has 3 rings (SSSR count). The number of pyridine rings is 1. The molecule has 6 heteroatoms. The minimum absolute atomic E-state index is 0.0899. The van der Waals surface area contributed by atoms with Crippen molar-refractivity contribution < 1.29 is 13.9 Å². The number of carbonyl (C=O) groups excluding carboxylic acids is 1. The molecule has 1 aromatic heterocycles. The Bertz CT molecular complexity index is 889. The predicted octanol–water partition coefficient (Wildman–Crippen LogP) is 5.31. The highest BCUT2D eigenvalue weighted by atomic mass is 32.2. The van der Waals surface area contributed by atoms with Crippen LogP contribution >= 0.6 is 11.8 Å². The fourth-order valence-corrected chi connectivity index (χ4v) is 3.32. The number of anilines is 1. The van der Waals surface area contributed by atoms with Crippen LogP contribution < -0.4 is 10.1 Å². The van der Waals surface area contributed by atoms with Gasteiger partial charge in [-0.25, -0.2) is 4.39 Å². The molecule has 3 aromatic rings. The van der Waals surface area contributed by atoms with Crippen LogP contribution in [0.2, 0.25) is 0 Å². The smallest absolute Gasteiger partial charge is 0.224 e. The number of aromatic nitrogens is 1. The number of hydrogen-bond acceptors (Lipinski definition) is 4. The Kier molecular flexibility index (Phi) is 7.44. The minimum atomic E-state index is -0.395. The van der Waals surface area contributed by atoms with Crippen LogP contribution in [0.5, 0.6) is 5.75 Å². The summed E-state index contributed by atoms with van der Waals surface area (Å²) in [6, 6.07) is 18.0. The topological polar surface area (TPSA) is 51.2 Å². The molecule has 0 atom stereocenters. The summed E-state index contributed by atoms with van der Waals surface area (Å²) in [5, 5.41) is 2.87. The largest absolute Gasteiger partial charge is 0.491 e. The Balaban J connectivity index is 1.37. The maximum atomic E-state index is 13.4. The molecule has 144 valence electrons. The van der Waals surface area contributed by atoms with E-state index >= 15 is 0 Å². The fraction of sp³-hybridized carbons (Fsp3) is 0.182. The number of ether oxygens (including phenoxy) is 1. The number of halogens is 1. The highest BCUT2D eigenvalue weighted by Gasteiger charge is 2.05. The molecule has 1 amide bonds. The number of hydrogen-bond donors (Lipinski definition) is 1. The van der Waals surface area contributed by atoms with Gasteiger partial charge in [0.05, 0.1) is 6.61 Å². The van der Waals surface area contributed by atoms with Gasteiger partial charge in [-0.3, -0.25) is 9.78 Å². The van der Waals surface area contributed by atoms with Crippen LogP contribution in [0.25, 0.3) is 0 Å². The van der Waals surface area contributed by atoms with Crippen LogP contribution in [0.1, 0.15) is 18.4 Å². The molecule has 0 aliphatic rings. The van der Waals surface area contributed by atoms with Crippen molar-refractivity contribution in [2.24, 2.45) is 0 Å². The van der Waals surface area contributed by atoms with E-state index in [9.17, 15) is 9.18 Å². The lowest BCUT2D eigenvalue weighted by Gasteiger charge is -2.08. The maximum Gasteiger partial charge on any atom is 0.224 e. The van der Waals surface area contributed by atoms with Crippen molar-refractivity contribution in [2.45, 2.75) is 23.5 Å². The number of nitrogens with zero attached hydrogens (tertiary/aromatic N) is 1. The van der Waals surface area contributed by atoms with Crippen molar-refractivity contribution in [1.29, 1.82) is 0 Å². The lowest BCUT2D eigenvalue weighted by molar-refractivity contribution is -0.116. The Labute approximate surface area is 168 Å². The molecule has 0 fully saturated rings. The summed E-state index contributed by atoms with van der Waals surface area (Å²) >= 11 is 1.72. The third kappa shape index (κ3) is 6.39. The second kappa shape index (κ2) is 10.5. The molecule has 2 aromatic carbocycles. The molecule has 0 radical (unpaired) electrons. The van der Waals surface area contributed by atoms with Gasteiger partial charge in [0.1, 0.15) is 0 Å². The number of para-hydroxylation sites is 1. The molecule has 1 N–H and O–H groups in total. The first kappa shape index (κ1) is 19.9. The maximum absolute atomic E-state index is 13.4. The summed E-state index contributed by atoms with van der Waals surface area (Å²) in [5.41, 5.74) is 1.92. The molecule has 0 unspecified atom stereocenters. The van der Waals surface area contributed by atoms with E-state index < -0.39 is 5.82 Å². The first-order valence-electron chi connectivity index (χ1n) is 8.99. The molecule has 0 saturated carbocycles. The molecular formula is C22H21FN2O2S. The summed E-state index contributed by atoms with van der Waals surface area (Å²) in [5.74, 6) is 0.574. The van der Waals surface area contributed by atoms with Gasteiger partial charge in [-0.15, -0.1) is 11.8 Å². The van der Waals surface area contributed by atoms with E-state index in [4.69, 9.17) is 4.74 Å². The molecular weight excluding hydrogens is 375 g/mol. The van der Waals surface area contributed by atoms with Gasteiger partial charge in [0, 0.05) is 35.2 Å². The summed E-state index contributed by atoms with van der Waals surface area (Å²) in [6.07, 6.45) is 4.44. The molecule has 0 aliphatic carbocycles. The second-order valence-electron chi connectivity index (χ2n) is 6.10. The Hall–Kier alpha value is -2.86. The zero-order valence-corrected chi connectivity index (χ0v) is 16.1. The van der Waals surface area contributed by atoms with Crippen molar-refractivity contribution in [3.8, 4) is 5.75 Å². The normalized spacial score (nSPS) is 10.5. The van der Waals surface area contributed by atoms with Gasteiger partial charge < -0.3 is 10.1 Å². The molecule has 1 heterocycles. The Morgan fingerprint density at radius 3 is 2.64 bits per heavy atom. The summed E-state index contributed by atoms with van der Waals surface area (Å²) in [7, 11) is 0. The van der Waals surface area contributed by atoms with Gasteiger partial charge >= 0.3 is 0 Å². The van der Waals surface area contributed by atoms with Crippen molar-refractivity contribution in [3.05, 3.63) is 84.4 Å². The number of nitrogens with one attached hydrogen (secondary N) is 1. The van der Waals surface area contributed by atoms with Crippen LogP contribution in [-0.2, 0) is 10.5 Å². The lowest BCUT2D eigenvalue weighted by atomic mass is 10.2. The van der Waals surface area contributed by atoms with Crippen LogP contribution in [0.3, 0.4) is 0 Å². The monoisotopic (exact) mass is 396 g/mol. The molecule has 0 spiro atoms. The number of carbonyl (C=O) groups is 1. The highest BCUT2D eigenvalue weighted by molar-refractivity contribution is 7.98. The Morgan fingerprint density at radius 2 is 1.89 bits per heavy atom. The van der Waals surface area contributed by atoms with Gasteiger partial charge in [0.2, 0.25) is 5.91 Å². The molecule has 0 aliphatic heterocycles. The van der Waals surface area contributed by atoms with Crippen molar-refractivity contribution >= 4 is 23.4 Å². The first-order chi connectivity index (χ1) is 13.7. The van der Waals surface area contributed by atoms with E-state index in [1.54, 1.807) is 36.2 Å². The summed E-state index contributed by atoms with van der Waals surface area (Å²) in [4.78, 5) is 17.3. The average Bonchev–Trinajstić information content (AvgIpc) is 2.73.